The van der Waals surface area contributed by atoms with Crippen molar-refractivity contribution < 1.29 is 9.59 Å². The van der Waals surface area contributed by atoms with Crippen LogP contribution in [0.2, 0.25) is 0 Å². The molecule has 0 aromatic heterocycles. The molecule has 0 radical (unpaired) electrons. The van der Waals surface area contributed by atoms with Crippen molar-refractivity contribution in [2.75, 3.05) is 0 Å². The van der Waals surface area contributed by atoms with Gasteiger partial charge in [-0.25, -0.2) is 0 Å². The number of carbonyl (C=O) groups excluding carboxylic acids is 2. The largest absolute Gasteiger partial charge is 0.369 e. The average Bonchev–Trinajstić information content (AvgIpc) is 2.14. The molecule has 0 saturated carbocycles. The smallest absolute Gasteiger partial charge is 0.221 e. The molecule has 3 heteroatoms. The molecule has 0 atom stereocenters. The van der Waals surface area contributed by atoms with Gasteiger partial charge in [-0.3, -0.25) is 9.59 Å². The van der Waals surface area contributed by atoms with Crippen LogP contribution in [-0.2, 0) is 16.0 Å². The maximum Gasteiger partial charge on any atom is 0.221 e. The first-order valence-corrected chi connectivity index (χ1v) is 4.21. The van der Waals surface area contributed by atoms with Gasteiger partial charge in [-0.2, -0.15) is 0 Å². The van der Waals surface area contributed by atoms with Gasteiger partial charge in [0.05, 0.1) is 6.42 Å². The maximum absolute atomic E-state index is 10.6. The molecule has 0 spiro atoms. The molecule has 0 aliphatic carbocycles. The Balaban J connectivity index is 2.83. The summed E-state index contributed by atoms with van der Waals surface area (Å²) in [6, 6.07) is 7.32. The Morgan fingerprint density at radius 3 is 2.86 bits per heavy atom. The summed E-state index contributed by atoms with van der Waals surface area (Å²) in [4.78, 5) is 20.7. The summed E-state index contributed by atoms with van der Waals surface area (Å²) < 4.78 is 0. The Labute approximate surface area is 82.2 Å². The number of hydrogen-bond donors (Lipinski definition) is 1. The van der Waals surface area contributed by atoms with Gasteiger partial charge in [-0.05, 0) is 17.2 Å². The molecule has 3 nitrogen and oxygen atoms in total. The minimum Gasteiger partial charge on any atom is -0.369 e. The van der Waals surface area contributed by atoms with E-state index in [-0.39, 0.29) is 12.3 Å². The summed E-state index contributed by atoms with van der Waals surface area (Å²) in [5, 5.41) is 0. The standard InChI is InChI=1S/C11H11NO2/c12-11(14)8-10-4-1-3-9(7-10)5-2-6-13/h1-7H,8H2,(H2,12,14)/b5-2+. The molecule has 0 heterocycles. The quantitative estimate of drug-likeness (QED) is 0.565. The van der Waals surface area contributed by atoms with Crippen LogP contribution in [-0.4, -0.2) is 12.2 Å². The predicted octanol–water partition coefficient (Wildman–Crippen LogP) is 0.926. The van der Waals surface area contributed by atoms with Gasteiger partial charge in [-0.15, -0.1) is 0 Å². The second kappa shape index (κ2) is 4.97. The van der Waals surface area contributed by atoms with E-state index in [1.54, 1.807) is 6.08 Å². The number of allylic oxidation sites excluding steroid dienone is 1. The van der Waals surface area contributed by atoms with Crippen LogP contribution >= 0.6 is 0 Å². The van der Waals surface area contributed by atoms with Gasteiger partial charge in [0, 0.05) is 0 Å². The summed E-state index contributed by atoms with van der Waals surface area (Å²) in [5.74, 6) is -0.360. The molecule has 1 aromatic carbocycles. The lowest BCUT2D eigenvalue weighted by molar-refractivity contribution is -0.117. The highest BCUT2D eigenvalue weighted by atomic mass is 16.1. The Kier molecular flexibility index (Phi) is 3.61. The number of benzene rings is 1. The van der Waals surface area contributed by atoms with Gasteiger partial charge in [0.15, 0.2) is 0 Å². The lowest BCUT2D eigenvalue weighted by atomic mass is 10.1. The molecule has 72 valence electrons. The van der Waals surface area contributed by atoms with Crippen LogP contribution in [0, 0.1) is 0 Å². The molecule has 1 amide bonds. The van der Waals surface area contributed by atoms with Crippen molar-refractivity contribution in [3.63, 3.8) is 0 Å². The molecular weight excluding hydrogens is 178 g/mol. The van der Waals surface area contributed by atoms with Crippen molar-refractivity contribution in [2.24, 2.45) is 5.73 Å². The van der Waals surface area contributed by atoms with E-state index in [1.807, 2.05) is 24.3 Å². The van der Waals surface area contributed by atoms with Gasteiger partial charge < -0.3 is 5.73 Å². The highest BCUT2D eigenvalue weighted by Crippen LogP contribution is 2.07. The van der Waals surface area contributed by atoms with Gasteiger partial charge in [-0.1, -0.05) is 30.3 Å². The minimum absolute atomic E-state index is 0.225. The van der Waals surface area contributed by atoms with Crippen molar-refractivity contribution in [1.82, 2.24) is 0 Å². The number of amides is 1. The van der Waals surface area contributed by atoms with Gasteiger partial charge in [0.25, 0.3) is 0 Å². The van der Waals surface area contributed by atoms with Crippen LogP contribution in [0.25, 0.3) is 6.08 Å². The van der Waals surface area contributed by atoms with Crippen LogP contribution in [0.15, 0.2) is 30.3 Å². The lowest BCUT2D eigenvalue weighted by Crippen LogP contribution is -2.13. The zero-order chi connectivity index (χ0) is 10.4. The second-order valence-electron chi connectivity index (χ2n) is 2.88. The van der Waals surface area contributed by atoms with E-state index in [0.717, 1.165) is 11.1 Å². The highest BCUT2D eigenvalue weighted by Gasteiger charge is 1.97. The second-order valence-corrected chi connectivity index (χ2v) is 2.88. The van der Waals surface area contributed by atoms with E-state index < -0.39 is 0 Å². The zero-order valence-corrected chi connectivity index (χ0v) is 7.64. The molecule has 0 aliphatic rings. The SMILES string of the molecule is NC(=O)Cc1cccc(/C=C/C=O)c1. The number of hydrogen-bond acceptors (Lipinski definition) is 2. The summed E-state index contributed by atoms with van der Waals surface area (Å²) >= 11 is 0. The molecule has 0 fully saturated rings. The number of primary amides is 1. The first kappa shape index (κ1) is 10.2. The Morgan fingerprint density at radius 2 is 2.21 bits per heavy atom. The summed E-state index contributed by atoms with van der Waals surface area (Å²) in [5.41, 5.74) is 6.80. The molecule has 2 N–H and O–H groups in total. The molecular formula is C11H11NO2. The first-order valence-electron chi connectivity index (χ1n) is 4.21. The topological polar surface area (TPSA) is 60.2 Å². The van der Waals surface area contributed by atoms with Crippen LogP contribution in [0.3, 0.4) is 0 Å². The monoisotopic (exact) mass is 189 g/mol. The van der Waals surface area contributed by atoms with Crippen molar-refractivity contribution in [2.45, 2.75) is 6.42 Å². The molecule has 1 rings (SSSR count). The number of rotatable bonds is 4. The molecule has 1 aromatic rings. The van der Waals surface area contributed by atoms with Gasteiger partial charge in [0.2, 0.25) is 5.91 Å². The van der Waals surface area contributed by atoms with E-state index >= 15 is 0 Å². The summed E-state index contributed by atoms with van der Waals surface area (Å²) in [6.45, 7) is 0. The van der Waals surface area contributed by atoms with Crippen molar-refractivity contribution in [1.29, 1.82) is 0 Å². The van der Waals surface area contributed by atoms with Crippen LogP contribution < -0.4 is 5.73 Å². The molecule has 14 heavy (non-hydrogen) atoms. The maximum atomic E-state index is 10.6. The fraction of sp³-hybridized carbons (Fsp3) is 0.0909. The van der Waals surface area contributed by atoms with Gasteiger partial charge in [0.1, 0.15) is 6.29 Å². The van der Waals surface area contributed by atoms with E-state index in [4.69, 9.17) is 5.73 Å². The normalized spacial score (nSPS) is 10.3. The van der Waals surface area contributed by atoms with Crippen molar-refractivity contribution >= 4 is 18.3 Å². The van der Waals surface area contributed by atoms with E-state index in [9.17, 15) is 9.59 Å². The Hall–Kier alpha value is -1.90. The van der Waals surface area contributed by atoms with E-state index in [1.165, 1.54) is 6.08 Å². The zero-order valence-electron chi connectivity index (χ0n) is 7.64. The molecule has 0 aliphatic heterocycles. The van der Waals surface area contributed by atoms with Crippen molar-refractivity contribution in [3.8, 4) is 0 Å². The lowest BCUT2D eigenvalue weighted by Gasteiger charge is -1.98. The fourth-order valence-corrected chi connectivity index (χ4v) is 1.16. The predicted molar refractivity (Wildman–Crippen MR) is 54.4 cm³/mol. The van der Waals surface area contributed by atoms with Crippen LogP contribution in [0.4, 0.5) is 0 Å². The van der Waals surface area contributed by atoms with E-state index in [0.29, 0.717) is 6.29 Å². The van der Waals surface area contributed by atoms with E-state index in [2.05, 4.69) is 0 Å². The Bertz CT molecular complexity index is 369. The minimum atomic E-state index is -0.360. The molecule has 0 saturated heterocycles. The van der Waals surface area contributed by atoms with Gasteiger partial charge >= 0.3 is 0 Å². The van der Waals surface area contributed by atoms with Crippen LogP contribution in [0.5, 0.6) is 0 Å². The third-order valence-electron chi connectivity index (χ3n) is 1.70. The third kappa shape index (κ3) is 3.23. The van der Waals surface area contributed by atoms with Crippen molar-refractivity contribution in [3.05, 3.63) is 41.5 Å². The summed E-state index contributed by atoms with van der Waals surface area (Å²) in [6.07, 6.45) is 4.02. The molecule has 0 bridgehead atoms. The molecule has 0 unspecified atom stereocenters. The highest BCUT2D eigenvalue weighted by molar-refractivity contribution is 5.77. The average molecular weight is 189 g/mol. The number of nitrogens with two attached hydrogens (primary N) is 1. The van der Waals surface area contributed by atoms with Crippen LogP contribution in [0.1, 0.15) is 11.1 Å². The first-order chi connectivity index (χ1) is 6.72. The fourth-order valence-electron chi connectivity index (χ4n) is 1.16. The Morgan fingerprint density at radius 1 is 1.43 bits per heavy atom. The third-order valence-corrected chi connectivity index (χ3v) is 1.70. The summed E-state index contributed by atoms with van der Waals surface area (Å²) in [7, 11) is 0. The number of carbonyl (C=O) groups is 2. The number of aldehydes is 1.